The molecule has 0 amide bonds. The van der Waals surface area contributed by atoms with Crippen LogP contribution in [0.4, 0.5) is 0 Å². The number of carboxylic acids is 1. The van der Waals surface area contributed by atoms with Crippen LogP contribution in [-0.4, -0.2) is 21.3 Å². The van der Waals surface area contributed by atoms with Crippen molar-refractivity contribution in [2.75, 3.05) is 0 Å². The quantitative estimate of drug-likeness (QED) is 0.529. The molecular formula is C24H26N2O3. The van der Waals surface area contributed by atoms with E-state index in [1.54, 1.807) is 6.92 Å². The number of ether oxygens (including phenoxy) is 1. The number of hydrogen-bond donors (Lipinski definition) is 2. The van der Waals surface area contributed by atoms with Crippen molar-refractivity contribution in [3.63, 3.8) is 0 Å². The number of fused-ring (bicyclic) bond motifs is 1. The van der Waals surface area contributed by atoms with E-state index in [4.69, 9.17) is 9.84 Å². The third-order valence-electron chi connectivity index (χ3n) is 4.95. The maximum absolute atomic E-state index is 11.1. The van der Waals surface area contributed by atoms with E-state index in [0.29, 0.717) is 5.92 Å². The lowest BCUT2D eigenvalue weighted by atomic mass is 9.96. The first-order valence-electron chi connectivity index (χ1n) is 9.78. The predicted octanol–water partition coefficient (Wildman–Crippen LogP) is 5.41. The second kappa shape index (κ2) is 8.83. The van der Waals surface area contributed by atoms with Crippen molar-refractivity contribution in [2.45, 2.75) is 52.1 Å². The van der Waals surface area contributed by atoms with E-state index in [9.17, 15) is 4.79 Å². The molecular weight excluding hydrogens is 364 g/mol. The third kappa shape index (κ3) is 4.60. The first-order valence-corrected chi connectivity index (χ1v) is 9.78. The molecule has 2 N–H and O–H groups in total. The average Bonchev–Trinajstić information content (AvgIpc) is 3.12. The van der Waals surface area contributed by atoms with Gasteiger partial charge in [-0.15, -0.1) is 5.92 Å². The molecule has 1 heterocycles. The van der Waals surface area contributed by atoms with Crippen molar-refractivity contribution in [3.8, 4) is 17.6 Å². The number of carboxylic acid groups (broad SMARTS) is 1. The number of aromatic amines is 1. The standard InChI is InChI=1S/C24H26N2O3/c1-5-7-18(14-22(27)28)17-10-12-19(13-11-17)29-16(4)20-8-6-9-21-23(15(2)3)25-26-24(20)21/h6,8-13,15-16,18H,14H2,1-4H3,(H,25,26)(H,27,28)/t16-,18?/m0/s1. The maximum atomic E-state index is 11.1. The van der Waals surface area contributed by atoms with Gasteiger partial charge < -0.3 is 9.84 Å². The molecule has 0 aliphatic carbocycles. The van der Waals surface area contributed by atoms with Gasteiger partial charge in [-0.05, 0) is 37.5 Å². The molecule has 0 saturated heterocycles. The second-order valence-corrected chi connectivity index (χ2v) is 7.41. The van der Waals surface area contributed by atoms with Gasteiger partial charge in [0.15, 0.2) is 0 Å². The molecule has 0 aliphatic heterocycles. The molecule has 1 unspecified atom stereocenters. The summed E-state index contributed by atoms with van der Waals surface area (Å²) in [6, 6.07) is 13.6. The van der Waals surface area contributed by atoms with Gasteiger partial charge in [-0.25, -0.2) is 0 Å². The topological polar surface area (TPSA) is 75.2 Å². The molecule has 3 rings (SSSR count). The highest BCUT2D eigenvalue weighted by molar-refractivity contribution is 5.85. The summed E-state index contributed by atoms with van der Waals surface area (Å²) in [6.07, 6.45) is -0.199. The molecule has 3 aromatic rings. The summed E-state index contributed by atoms with van der Waals surface area (Å²) >= 11 is 0. The Bertz CT molecular complexity index is 1060. The van der Waals surface area contributed by atoms with Gasteiger partial charge in [0, 0.05) is 16.6 Å². The monoisotopic (exact) mass is 390 g/mol. The zero-order valence-corrected chi connectivity index (χ0v) is 17.2. The maximum Gasteiger partial charge on any atom is 0.304 e. The number of benzene rings is 2. The first-order chi connectivity index (χ1) is 13.9. The van der Waals surface area contributed by atoms with Crippen molar-refractivity contribution in [3.05, 3.63) is 59.3 Å². The van der Waals surface area contributed by atoms with Crippen LogP contribution in [0.15, 0.2) is 42.5 Å². The molecule has 29 heavy (non-hydrogen) atoms. The Labute approximate surface area is 171 Å². The number of para-hydroxylation sites is 1. The molecule has 150 valence electrons. The average molecular weight is 390 g/mol. The van der Waals surface area contributed by atoms with Crippen LogP contribution < -0.4 is 4.74 Å². The van der Waals surface area contributed by atoms with Crippen LogP contribution in [0.5, 0.6) is 5.75 Å². The summed E-state index contributed by atoms with van der Waals surface area (Å²) < 4.78 is 6.15. The number of aromatic nitrogens is 2. The van der Waals surface area contributed by atoms with E-state index in [-0.39, 0.29) is 18.4 Å². The highest BCUT2D eigenvalue weighted by Crippen LogP contribution is 2.31. The van der Waals surface area contributed by atoms with Gasteiger partial charge in [-0.3, -0.25) is 9.89 Å². The van der Waals surface area contributed by atoms with Gasteiger partial charge >= 0.3 is 5.97 Å². The molecule has 5 heteroatoms. The molecule has 0 fully saturated rings. The normalized spacial score (nSPS) is 13.0. The van der Waals surface area contributed by atoms with Crippen molar-refractivity contribution < 1.29 is 14.6 Å². The Kier molecular flexibility index (Phi) is 6.23. The molecule has 0 radical (unpaired) electrons. The van der Waals surface area contributed by atoms with Gasteiger partial charge in [0.1, 0.15) is 11.9 Å². The van der Waals surface area contributed by atoms with Gasteiger partial charge in [0.05, 0.1) is 17.9 Å². The molecule has 0 saturated carbocycles. The summed E-state index contributed by atoms with van der Waals surface area (Å²) in [5.41, 5.74) is 3.95. The van der Waals surface area contributed by atoms with Gasteiger partial charge in [-0.1, -0.05) is 50.1 Å². The smallest absolute Gasteiger partial charge is 0.304 e. The van der Waals surface area contributed by atoms with Gasteiger partial charge in [-0.2, -0.15) is 5.10 Å². The van der Waals surface area contributed by atoms with Gasteiger partial charge in [0.25, 0.3) is 0 Å². The van der Waals surface area contributed by atoms with Crippen LogP contribution in [-0.2, 0) is 4.79 Å². The Balaban J connectivity index is 1.80. The van der Waals surface area contributed by atoms with Crippen LogP contribution >= 0.6 is 0 Å². The van der Waals surface area contributed by atoms with Crippen molar-refractivity contribution in [2.24, 2.45) is 0 Å². The second-order valence-electron chi connectivity index (χ2n) is 7.41. The summed E-state index contributed by atoms with van der Waals surface area (Å²) in [5, 5.41) is 17.9. The summed E-state index contributed by atoms with van der Waals surface area (Å²) in [7, 11) is 0. The largest absolute Gasteiger partial charge is 0.486 e. The molecule has 2 aromatic carbocycles. The number of nitrogens with one attached hydrogen (secondary N) is 1. The van der Waals surface area contributed by atoms with Crippen LogP contribution in [0, 0.1) is 11.8 Å². The number of aliphatic carboxylic acids is 1. The minimum absolute atomic E-state index is 0.0171. The Morgan fingerprint density at radius 3 is 2.52 bits per heavy atom. The van der Waals surface area contributed by atoms with Crippen molar-refractivity contribution in [1.29, 1.82) is 0 Å². The van der Waals surface area contributed by atoms with E-state index >= 15 is 0 Å². The SMILES string of the molecule is CC#CC(CC(=O)O)c1ccc(O[C@@H](C)c2cccc3c(C(C)C)[nH]nc23)cc1. The van der Waals surface area contributed by atoms with E-state index in [0.717, 1.165) is 33.5 Å². The first kappa shape index (κ1) is 20.5. The predicted molar refractivity (Wildman–Crippen MR) is 114 cm³/mol. The number of nitrogens with zero attached hydrogens (tertiary/aromatic N) is 1. The number of rotatable bonds is 7. The van der Waals surface area contributed by atoms with E-state index in [2.05, 4.69) is 42.0 Å². The fourth-order valence-corrected chi connectivity index (χ4v) is 3.50. The van der Waals surface area contributed by atoms with E-state index in [1.165, 1.54) is 0 Å². The zero-order chi connectivity index (χ0) is 21.0. The highest BCUT2D eigenvalue weighted by atomic mass is 16.5. The van der Waals surface area contributed by atoms with Crippen molar-refractivity contribution in [1.82, 2.24) is 10.2 Å². The molecule has 1 aromatic heterocycles. The fraction of sp³-hybridized carbons (Fsp3) is 0.333. The Morgan fingerprint density at radius 2 is 1.90 bits per heavy atom. The van der Waals surface area contributed by atoms with Crippen molar-refractivity contribution >= 4 is 16.9 Å². The molecule has 5 nitrogen and oxygen atoms in total. The summed E-state index contributed by atoms with van der Waals surface area (Å²) in [5.74, 6) is 5.68. The minimum atomic E-state index is -0.862. The van der Waals surface area contributed by atoms with Crippen LogP contribution in [0.2, 0.25) is 0 Å². The lowest BCUT2D eigenvalue weighted by Gasteiger charge is -2.16. The number of H-pyrrole nitrogens is 1. The fourth-order valence-electron chi connectivity index (χ4n) is 3.50. The van der Waals surface area contributed by atoms with Crippen LogP contribution in [0.25, 0.3) is 10.9 Å². The summed E-state index contributed by atoms with van der Waals surface area (Å²) in [4.78, 5) is 11.1. The van der Waals surface area contributed by atoms with Crippen LogP contribution in [0.3, 0.4) is 0 Å². The van der Waals surface area contributed by atoms with E-state index in [1.807, 2.05) is 43.3 Å². The molecule has 0 bridgehead atoms. The molecule has 0 aliphatic rings. The Hall–Kier alpha value is -3.26. The van der Waals surface area contributed by atoms with Crippen LogP contribution in [0.1, 0.15) is 68.9 Å². The Morgan fingerprint density at radius 1 is 1.17 bits per heavy atom. The summed E-state index contributed by atoms with van der Waals surface area (Å²) in [6.45, 7) is 8.00. The molecule has 0 spiro atoms. The lowest BCUT2D eigenvalue weighted by Crippen LogP contribution is -2.06. The zero-order valence-electron chi connectivity index (χ0n) is 17.2. The van der Waals surface area contributed by atoms with Gasteiger partial charge in [0.2, 0.25) is 0 Å². The molecule has 2 atom stereocenters. The van der Waals surface area contributed by atoms with E-state index < -0.39 is 5.97 Å². The number of hydrogen-bond acceptors (Lipinski definition) is 3. The lowest BCUT2D eigenvalue weighted by molar-refractivity contribution is -0.137. The highest BCUT2D eigenvalue weighted by Gasteiger charge is 2.17. The number of carbonyl (C=O) groups is 1. The third-order valence-corrected chi connectivity index (χ3v) is 4.95. The minimum Gasteiger partial charge on any atom is -0.486 e.